The summed E-state index contributed by atoms with van der Waals surface area (Å²) in [5.41, 5.74) is 1.84. The molecule has 0 aliphatic rings. The Labute approximate surface area is 99.7 Å². The van der Waals surface area contributed by atoms with Crippen LogP contribution in [0.3, 0.4) is 0 Å². The zero-order valence-corrected chi connectivity index (χ0v) is 9.10. The number of nitrogens with one attached hydrogen (secondary N) is 1. The van der Waals surface area contributed by atoms with Gasteiger partial charge in [-0.2, -0.15) is 8.78 Å². The smallest absolute Gasteiger partial charge is 0.234 e. The van der Waals surface area contributed by atoms with E-state index in [9.17, 15) is 22.4 Å². The Kier molecular flexibility index (Phi) is 4.90. The second-order valence-electron chi connectivity index (χ2n) is 3.32. The highest BCUT2D eigenvalue weighted by Gasteiger charge is 2.20. The number of amides is 1. The van der Waals surface area contributed by atoms with Crippen LogP contribution in [-0.2, 0) is 4.79 Å². The first kappa shape index (κ1) is 14.2. The van der Waals surface area contributed by atoms with E-state index in [4.69, 9.17) is 5.84 Å². The molecule has 1 amide bonds. The van der Waals surface area contributed by atoms with Gasteiger partial charge in [-0.25, -0.2) is 14.6 Å². The van der Waals surface area contributed by atoms with Gasteiger partial charge in [-0.15, -0.1) is 0 Å². The number of carbonyl (C=O) groups excluding carboxylic acids is 1. The summed E-state index contributed by atoms with van der Waals surface area (Å²) in [4.78, 5) is 10.7. The van der Waals surface area contributed by atoms with E-state index < -0.39 is 34.9 Å². The SMILES string of the molecule is NNC(=O)CCCOc1c(F)c(F)cc(F)c1F. The molecule has 0 spiro atoms. The van der Waals surface area contributed by atoms with Crippen molar-refractivity contribution in [2.45, 2.75) is 12.8 Å². The van der Waals surface area contributed by atoms with E-state index in [0.717, 1.165) is 0 Å². The molecule has 1 rings (SSSR count). The first-order valence-electron chi connectivity index (χ1n) is 4.92. The van der Waals surface area contributed by atoms with Crippen molar-refractivity contribution in [2.75, 3.05) is 6.61 Å². The molecular formula is C10H10F4N2O2. The molecular weight excluding hydrogens is 256 g/mol. The lowest BCUT2D eigenvalue weighted by Gasteiger charge is -2.09. The van der Waals surface area contributed by atoms with Crippen LogP contribution in [0.15, 0.2) is 6.07 Å². The maximum Gasteiger partial charge on any atom is 0.234 e. The van der Waals surface area contributed by atoms with Gasteiger partial charge in [-0.3, -0.25) is 10.2 Å². The number of nitrogens with two attached hydrogens (primary N) is 1. The Morgan fingerprint density at radius 3 is 2.28 bits per heavy atom. The molecule has 18 heavy (non-hydrogen) atoms. The van der Waals surface area contributed by atoms with Crippen molar-refractivity contribution >= 4 is 5.91 Å². The predicted molar refractivity (Wildman–Crippen MR) is 53.3 cm³/mol. The molecule has 0 fully saturated rings. The first-order valence-corrected chi connectivity index (χ1v) is 4.92. The van der Waals surface area contributed by atoms with Gasteiger partial charge in [0.25, 0.3) is 0 Å². The van der Waals surface area contributed by atoms with Gasteiger partial charge in [0.15, 0.2) is 17.4 Å². The molecule has 1 aromatic carbocycles. The molecule has 8 heteroatoms. The minimum absolute atomic E-state index is 0.0441. The zero-order valence-electron chi connectivity index (χ0n) is 9.10. The highest BCUT2D eigenvalue weighted by Crippen LogP contribution is 2.26. The normalized spacial score (nSPS) is 10.3. The second kappa shape index (κ2) is 6.20. The Hall–Kier alpha value is -1.83. The van der Waals surface area contributed by atoms with Crippen LogP contribution >= 0.6 is 0 Å². The topological polar surface area (TPSA) is 64.3 Å². The Bertz CT molecular complexity index is 428. The van der Waals surface area contributed by atoms with Crippen molar-refractivity contribution in [2.24, 2.45) is 5.84 Å². The van der Waals surface area contributed by atoms with Gasteiger partial charge in [0.1, 0.15) is 0 Å². The number of rotatable bonds is 5. The Morgan fingerprint density at radius 1 is 1.22 bits per heavy atom. The van der Waals surface area contributed by atoms with E-state index in [1.54, 1.807) is 0 Å². The molecule has 0 saturated heterocycles. The van der Waals surface area contributed by atoms with Crippen molar-refractivity contribution in [3.8, 4) is 5.75 Å². The van der Waals surface area contributed by atoms with E-state index >= 15 is 0 Å². The summed E-state index contributed by atoms with van der Waals surface area (Å²) < 4.78 is 56.3. The maximum absolute atomic E-state index is 13.1. The molecule has 0 atom stereocenters. The molecule has 3 N–H and O–H groups in total. The number of hydrogen-bond donors (Lipinski definition) is 2. The molecule has 0 heterocycles. The molecule has 0 unspecified atom stereocenters. The average Bonchev–Trinajstić information content (AvgIpc) is 2.35. The largest absolute Gasteiger partial charge is 0.487 e. The second-order valence-corrected chi connectivity index (χ2v) is 3.32. The van der Waals surface area contributed by atoms with Crippen molar-refractivity contribution < 1.29 is 27.1 Å². The van der Waals surface area contributed by atoms with Crippen LogP contribution in [-0.4, -0.2) is 12.5 Å². The Morgan fingerprint density at radius 2 is 1.78 bits per heavy atom. The van der Waals surface area contributed by atoms with Crippen LogP contribution in [0, 0.1) is 23.3 Å². The van der Waals surface area contributed by atoms with Crippen molar-refractivity contribution in [3.05, 3.63) is 29.3 Å². The lowest BCUT2D eigenvalue weighted by atomic mass is 10.3. The van der Waals surface area contributed by atoms with Crippen LogP contribution in [0.1, 0.15) is 12.8 Å². The number of ether oxygens (including phenoxy) is 1. The van der Waals surface area contributed by atoms with Crippen LogP contribution in [0.4, 0.5) is 17.6 Å². The number of hydrogen-bond acceptors (Lipinski definition) is 3. The van der Waals surface area contributed by atoms with Gasteiger partial charge in [0, 0.05) is 12.5 Å². The molecule has 0 aliphatic carbocycles. The summed E-state index contributed by atoms with van der Waals surface area (Å²) in [5.74, 6) is -3.17. The van der Waals surface area contributed by atoms with Gasteiger partial charge < -0.3 is 4.74 Å². The lowest BCUT2D eigenvalue weighted by Crippen LogP contribution is -2.30. The van der Waals surface area contributed by atoms with E-state index in [2.05, 4.69) is 4.74 Å². The summed E-state index contributed by atoms with van der Waals surface area (Å²) in [6, 6.07) is 0.0827. The van der Waals surface area contributed by atoms with Gasteiger partial charge in [0.05, 0.1) is 6.61 Å². The minimum atomic E-state index is -1.61. The number of carbonyl (C=O) groups is 1. The van der Waals surface area contributed by atoms with E-state index in [0.29, 0.717) is 0 Å². The van der Waals surface area contributed by atoms with Crippen molar-refractivity contribution in [1.82, 2.24) is 5.43 Å². The molecule has 0 saturated carbocycles. The molecule has 0 bridgehead atoms. The highest BCUT2D eigenvalue weighted by atomic mass is 19.2. The first-order chi connectivity index (χ1) is 8.47. The predicted octanol–water partition coefficient (Wildman–Crippen LogP) is 1.39. The monoisotopic (exact) mass is 266 g/mol. The highest BCUT2D eigenvalue weighted by molar-refractivity contribution is 5.75. The molecule has 0 aromatic heterocycles. The third-order valence-electron chi connectivity index (χ3n) is 2.03. The van der Waals surface area contributed by atoms with Crippen LogP contribution < -0.4 is 16.0 Å². The number of benzene rings is 1. The minimum Gasteiger partial charge on any atom is -0.487 e. The van der Waals surface area contributed by atoms with E-state index in [1.807, 2.05) is 5.43 Å². The van der Waals surface area contributed by atoms with Crippen LogP contribution in [0.25, 0.3) is 0 Å². The average molecular weight is 266 g/mol. The van der Waals surface area contributed by atoms with Gasteiger partial charge in [0.2, 0.25) is 17.5 Å². The fraction of sp³-hybridized carbons (Fsp3) is 0.300. The molecule has 1 aromatic rings. The summed E-state index contributed by atoms with van der Waals surface area (Å²) in [7, 11) is 0. The third-order valence-corrected chi connectivity index (χ3v) is 2.03. The Balaban J connectivity index is 2.65. The summed E-state index contributed by atoms with van der Waals surface area (Å²) in [6.45, 7) is -0.288. The van der Waals surface area contributed by atoms with E-state index in [1.165, 1.54) is 0 Å². The summed E-state index contributed by atoms with van der Waals surface area (Å²) >= 11 is 0. The van der Waals surface area contributed by atoms with Crippen molar-refractivity contribution in [1.29, 1.82) is 0 Å². The standard InChI is InChI=1S/C10H10F4N2O2/c11-5-4-6(12)9(14)10(8(5)13)18-3-1-2-7(17)16-15/h4H,1-3,15H2,(H,16,17). The van der Waals surface area contributed by atoms with Crippen LogP contribution in [0.5, 0.6) is 5.75 Å². The zero-order chi connectivity index (χ0) is 13.7. The van der Waals surface area contributed by atoms with E-state index in [-0.39, 0.29) is 25.5 Å². The van der Waals surface area contributed by atoms with Gasteiger partial charge >= 0.3 is 0 Å². The molecule has 100 valence electrons. The lowest BCUT2D eigenvalue weighted by molar-refractivity contribution is -0.121. The number of hydrazine groups is 1. The maximum atomic E-state index is 13.1. The quantitative estimate of drug-likeness (QED) is 0.211. The summed E-state index contributed by atoms with van der Waals surface area (Å²) in [6.07, 6.45) is 0.0393. The summed E-state index contributed by atoms with van der Waals surface area (Å²) in [5, 5.41) is 0. The van der Waals surface area contributed by atoms with Crippen LogP contribution in [0.2, 0.25) is 0 Å². The third kappa shape index (κ3) is 3.33. The van der Waals surface area contributed by atoms with Gasteiger partial charge in [-0.1, -0.05) is 0 Å². The fourth-order valence-corrected chi connectivity index (χ4v) is 1.16. The van der Waals surface area contributed by atoms with Crippen molar-refractivity contribution in [3.63, 3.8) is 0 Å². The molecule has 0 radical (unpaired) electrons. The molecule has 0 aliphatic heterocycles. The molecule has 4 nitrogen and oxygen atoms in total. The van der Waals surface area contributed by atoms with Gasteiger partial charge in [-0.05, 0) is 6.42 Å². The fourth-order valence-electron chi connectivity index (χ4n) is 1.16. The number of halogens is 4.